The number of aromatic nitrogens is 4. The highest BCUT2D eigenvalue weighted by atomic mass is 16.6. The van der Waals surface area contributed by atoms with E-state index in [0.717, 1.165) is 22.8 Å². The van der Waals surface area contributed by atoms with Crippen molar-refractivity contribution in [1.29, 1.82) is 0 Å². The summed E-state index contributed by atoms with van der Waals surface area (Å²) in [4.78, 5) is 48.2. The van der Waals surface area contributed by atoms with E-state index < -0.39 is 11.2 Å². The summed E-state index contributed by atoms with van der Waals surface area (Å²) in [6.45, 7) is 13.1. The molecule has 0 bridgehead atoms. The van der Waals surface area contributed by atoms with Crippen LogP contribution in [-0.2, 0) is 45.2 Å². The van der Waals surface area contributed by atoms with Crippen molar-refractivity contribution in [3.63, 3.8) is 0 Å². The number of rotatable bonds is 13. The number of pyridine rings is 4. The summed E-state index contributed by atoms with van der Waals surface area (Å²) in [5.41, 5.74) is 3.51. The summed E-state index contributed by atoms with van der Waals surface area (Å²) >= 11 is 0. The van der Waals surface area contributed by atoms with Crippen LogP contribution in [0.2, 0.25) is 0 Å². The Hall–Kier alpha value is -4.54. The Morgan fingerprint density at radius 2 is 0.913 bits per heavy atom. The van der Waals surface area contributed by atoms with Crippen LogP contribution in [0.5, 0.6) is 0 Å². The molecule has 4 heterocycles. The molecule has 242 valence electrons. The van der Waals surface area contributed by atoms with E-state index in [-0.39, 0.29) is 25.0 Å². The zero-order valence-corrected chi connectivity index (χ0v) is 27.6. The molecule has 0 aliphatic rings. The molecule has 46 heavy (non-hydrogen) atoms. The second-order valence-corrected chi connectivity index (χ2v) is 13.1. The highest BCUT2D eigenvalue weighted by Gasteiger charge is 2.22. The second-order valence-electron chi connectivity index (χ2n) is 13.1. The van der Waals surface area contributed by atoms with Gasteiger partial charge in [0.25, 0.3) is 0 Å². The third-order valence-electron chi connectivity index (χ3n) is 6.42. The Bertz CT molecular complexity index is 1450. The van der Waals surface area contributed by atoms with Crippen molar-refractivity contribution in [1.82, 2.24) is 29.7 Å². The SMILES string of the molecule is CC(C)(C)OC(=O)CN(Cc1ccccn1)Cc1cccc(-c2cccc(CN(CC(=O)OC(C)(C)C)Cc3ccccn3)n2)n1. The largest absolute Gasteiger partial charge is 0.459 e. The minimum Gasteiger partial charge on any atom is -0.459 e. The molecule has 0 aliphatic carbocycles. The maximum Gasteiger partial charge on any atom is 0.320 e. The molecule has 0 aromatic carbocycles. The summed E-state index contributed by atoms with van der Waals surface area (Å²) in [5.74, 6) is -0.619. The van der Waals surface area contributed by atoms with Crippen LogP contribution >= 0.6 is 0 Å². The van der Waals surface area contributed by atoms with Gasteiger partial charge in [-0.15, -0.1) is 0 Å². The van der Waals surface area contributed by atoms with E-state index in [1.165, 1.54) is 0 Å². The zero-order chi connectivity index (χ0) is 33.2. The molecule has 0 spiro atoms. The second kappa shape index (κ2) is 15.6. The van der Waals surface area contributed by atoms with E-state index in [4.69, 9.17) is 19.4 Å². The van der Waals surface area contributed by atoms with Crippen molar-refractivity contribution < 1.29 is 19.1 Å². The van der Waals surface area contributed by atoms with Crippen molar-refractivity contribution in [2.24, 2.45) is 0 Å². The summed E-state index contributed by atoms with van der Waals surface area (Å²) in [7, 11) is 0. The summed E-state index contributed by atoms with van der Waals surface area (Å²) in [5, 5.41) is 0. The average molecular weight is 625 g/mol. The van der Waals surface area contributed by atoms with Crippen LogP contribution in [-0.4, -0.2) is 66.0 Å². The van der Waals surface area contributed by atoms with Gasteiger partial charge in [0, 0.05) is 38.6 Å². The first-order valence-electron chi connectivity index (χ1n) is 15.4. The Morgan fingerprint density at radius 3 is 1.26 bits per heavy atom. The molecule has 0 atom stereocenters. The van der Waals surface area contributed by atoms with Gasteiger partial charge in [-0.3, -0.25) is 29.4 Å². The van der Waals surface area contributed by atoms with E-state index >= 15 is 0 Å². The van der Waals surface area contributed by atoms with Crippen LogP contribution in [0.3, 0.4) is 0 Å². The van der Waals surface area contributed by atoms with E-state index in [2.05, 4.69) is 9.97 Å². The normalized spacial score (nSPS) is 11.9. The molecule has 0 saturated heterocycles. The molecule has 10 heteroatoms. The molecule has 4 aromatic rings. The van der Waals surface area contributed by atoms with Gasteiger partial charge in [-0.1, -0.05) is 24.3 Å². The number of carbonyl (C=O) groups is 2. The fourth-order valence-corrected chi connectivity index (χ4v) is 4.77. The van der Waals surface area contributed by atoms with Crippen LogP contribution in [0.4, 0.5) is 0 Å². The highest BCUT2D eigenvalue weighted by Crippen LogP contribution is 2.19. The van der Waals surface area contributed by atoms with Gasteiger partial charge in [0.15, 0.2) is 0 Å². The lowest BCUT2D eigenvalue weighted by molar-refractivity contribution is -0.157. The lowest BCUT2D eigenvalue weighted by Crippen LogP contribution is -2.34. The van der Waals surface area contributed by atoms with Crippen molar-refractivity contribution in [3.8, 4) is 11.4 Å². The summed E-state index contributed by atoms with van der Waals surface area (Å²) in [6, 6.07) is 23.0. The Kier molecular flexibility index (Phi) is 11.7. The lowest BCUT2D eigenvalue weighted by Gasteiger charge is -2.25. The molecule has 0 amide bonds. The van der Waals surface area contributed by atoms with Crippen molar-refractivity contribution in [2.75, 3.05) is 13.1 Å². The molecular formula is C36H44N6O4. The van der Waals surface area contributed by atoms with E-state index in [1.54, 1.807) is 12.4 Å². The molecule has 10 nitrogen and oxygen atoms in total. The third-order valence-corrected chi connectivity index (χ3v) is 6.42. The van der Waals surface area contributed by atoms with Gasteiger partial charge < -0.3 is 9.47 Å². The number of hydrogen-bond acceptors (Lipinski definition) is 10. The molecule has 4 aromatic heterocycles. The van der Waals surface area contributed by atoms with Crippen molar-refractivity contribution in [3.05, 3.63) is 108 Å². The smallest absolute Gasteiger partial charge is 0.320 e. The van der Waals surface area contributed by atoms with Crippen LogP contribution in [0, 0.1) is 0 Å². The maximum atomic E-state index is 12.8. The Morgan fingerprint density at radius 1 is 0.543 bits per heavy atom. The van der Waals surface area contributed by atoms with Crippen LogP contribution < -0.4 is 0 Å². The molecule has 4 rings (SSSR count). The Labute approximate surface area is 271 Å². The first kappa shape index (κ1) is 34.3. The molecule has 0 fully saturated rings. The molecule has 0 saturated carbocycles. The fraction of sp³-hybridized carbons (Fsp3) is 0.389. The quantitative estimate of drug-likeness (QED) is 0.174. The molecule has 0 N–H and O–H groups in total. The van der Waals surface area contributed by atoms with Gasteiger partial charge >= 0.3 is 11.9 Å². The topological polar surface area (TPSA) is 111 Å². The van der Waals surface area contributed by atoms with Crippen LogP contribution in [0.1, 0.15) is 64.3 Å². The van der Waals surface area contributed by atoms with Gasteiger partial charge in [0.05, 0.1) is 47.3 Å². The van der Waals surface area contributed by atoms with Crippen LogP contribution in [0.25, 0.3) is 11.4 Å². The molecule has 0 unspecified atom stereocenters. The number of nitrogens with zero attached hydrogens (tertiary/aromatic N) is 6. The maximum absolute atomic E-state index is 12.8. The minimum atomic E-state index is -0.581. The highest BCUT2D eigenvalue weighted by molar-refractivity contribution is 5.72. The average Bonchev–Trinajstić information content (AvgIpc) is 2.96. The van der Waals surface area contributed by atoms with Crippen molar-refractivity contribution >= 4 is 11.9 Å². The standard InChI is InChI=1S/C36H44N6O4/c1-35(2,3)45-33(43)25-41(21-27-13-7-9-19-37-27)23-29-15-11-17-31(39-29)32-18-12-16-30(40-32)24-42(22-28-14-8-10-20-38-28)26-34(44)46-36(4,5)6/h7-20H,21-26H2,1-6H3. The number of esters is 2. The number of hydrogen-bond donors (Lipinski definition) is 0. The van der Waals surface area contributed by atoms with Crippen LogP contribution in [0.15, 0.2) is 85.2 Å². The molecular weight excluding hydrogens is 580 g/mol. The van der Waals surface area contributed by atoms with E-state index in [1.807, 2.05) is 124 Å². The van der Waals surface area contributed by atoms with Gasteiger partial charge in [-0.2, -0.15) is 0 Å². The lowest BCUT2D eigenvalue weighted by atomic mass is 10.2. The third kappa shape index (κ3) is 12.1. The van der Waals surface area contributed by atoms with Crippen molar-refractivity contribution in [2.45, 2.75) is 78.9 Å². The van der Waals surface area contributed by atoms with Gasteiger partial charge in [0.1, 0.15) is 11.2 Å². The molecule has 0 aliphatic heterocycles. The summed E-state index contributed by atoms with van der Waals surface area (Å²) in [6.07, 6.45) is 3.48. The summed E-state index contributed by atoms with van der Waals surface area (Å²) < 4.78 is 11.2. The zero-order valence-electron chi connectivity index (χ0n) is 27.6. The first-order valence-corrected chi connectivity index (χ1v) is 15.4. The van der Waals surface area contributed by atoms with Gasteiger partial charge in [-0.25, -0.2) is 9.97 Å². The van der Waals surface area contributed by atoms with Gasteiger partial charge in [0.2, 0.25) is 0 Å². The number of ether oxygens (including phenoxy) is 2. The fourth-order valence-electron chi connectivity index (χ4n) is 4.77. The predicted octanol–water partition coefficient (Wildman–Crippen LogP) is 5.62. The minimum absolute atomic E-state index is 0.0945. The first-order chi connectivity index (χ1) is 21.8. The predicted molar refractivity (Wildman–Crippen MR) is 176 cm³/mol. The Balaban J connectivity index is 1.52. The van der Waals surface area contributed by atoms with E-state index in [0.29, 0.717) is 37.6 Å². The molecule has 0 radical (unpaired) electrons. The van der Waals surface area contributed by atoms with E-state index in [9.17, 15) is 9.59 Å². The monoisotopic (exact) mass is 624 g/mol. The number of carbonyl (C=O) groups excluding carboxylic acids is 2. The van der Waals surface area contributed by atoms with Gasteiger partial charge in [-0.05, 0) is 90.1 Å².